The lowest BCUT2D eigenvalue weighted by Gasteiger charge is -2.35. The first-order valence-corrected chi connectivity index (χ1v) is 8.95. The molecule has 1 aromatic carbocycles. The molecule has 2 aromatic rings. The molecule has 0 radical (unpaired) electrons. The van der Waals surface area contributed by atoms with E-state index in [9.17, 15) is 4.79 Å². The molecule has 0 unspecified atom stereocenters. The van der Waals surface area contributed by atoms with Crippen molar-refractivity contribution in [1.82, 2.24) is 9.88 Å². The Hall–Kier alpha value is -1.92. The molecule has 2 heterocycles. The van der Waals surface area contributed by atoms with Gasteiger partial charge >= 0.3 is 0 Å². The molecule has 1 amide bonds. The van der Waals surface area contributed by atoms with E-state index in [0.29, 0.717) is 5.69 Å². The molecular formula is C18H21BrN4O. The van der Waals surface area contributed by atoms with Crippen molar-refractivity contribution in [2.24, 2.45) is 0 Å². The summed E-state index contributed by atoms with van der Waals surface area (Å²) in [7, 11) is 0. The van der Waals surface area contributed by atoms with Crippen molar-refractivity contribution in [3.05, 3.63) is 52.8 Å². The van der Waals surface area contributed by atoms with E-state index >= 15 is 0 Å². The Morgan fingerprint density at radius 1 is 1.21 bits per heavy atom. The molecule has 0 aliphatic carbocycles. The molecule has 6 heteroatoms. The van der Waals surface area contributed by atoms with Gasteiger partial charge in [0.25, 0.3) is 5.91 Å². The van der Waals surface area contributed by atoms with Gasteiger partial charge < -0.3 is 15.1 Å². The Morgan fingerprint density at radius 3 is 2.62 bits per heavy atom. The predicted molar refractivity (Wildman–Crippen MR) is 101 cm³/mol. The van der Waals surface area contributed by atoms with Crippen LogP contribution in [0.2, 0.25) is 0 Å². The minimum Gasteiger partial charge on any atom is -0.368 e. The first-order chi connectivity index (χ1) is 11.7. The minimum atomic E-state index is -0.199. The van der Waals surface area contributed by atoms with Gasteiger partial charge in [0.1, 0.15) is 5.69 Å². The average molecular weight is 389 g/mol. The van der Waals surface area contributed by atoms with Crippen molar-refractivity contribution in [2.45, 2.75) is 6.92 Å². The standard InChI is InChI=1S/C18H21BrN4O/c1-2-22-8-10-23(11-9-22)16-6-7-17(20-13-16)18(24)21-15-5-3-4-14(19)12-15/h3-7,12-13H,2,8-11H2,1H3,(H,21,24). The zero-order valence-corrected chi connectivity index (χ0v) is 15.3. The largest absolute Gasteiger partial charge is 0.368 e. The fourth-order valence-corrected chi connectivity index (χ4v) is 3.19. The summed E-state index contributed by atoms with van der Waals surface area (Å²) in [6.07, 6.45) is 1.79. The van der Waals surface area contributed by atoms with Crippen LogP contribution in [-0.2, 0) is 0 Å². The summed E-state index contributed by atoms with van der Waals surface area (Å²) >= 11 is 3.40. The third kappa shape index (κ3) is 4.13. The van der Waals surface area contributed by atoms with Gasteiger partial charge in [-0.1, -0.05) is 28.9 Å². The SMILES string of the molecule is CCN1CCN(c2ccc(C(=O)Nc3cccc(Br)c3)nc2)CC1. The van der Waals surface area contributed by atoms with Gasteiger partial charge in [-0.15, -0.1) is 0 Å². The van der Waals surface area contributed by atoms with E-state index < -0.39 is 0 Å². The molecule has 0 atom stereocenters. The summed E-state index contributed by atoms with van der Waals surface area (Å²) in [4.78, 5) is 21.4. The Bertz CT molecular complexity index is 696. The first kappa shape index (κ1) is 16.9. The highest BCUT2D eigenvalue weighted by molar-refractivity contribution is 9.10. The lowest BCUT2D eigenvalue weighted by Crippen LogP contribution is -2.46. The Kier molecular flexibility index (Phi) is 5.48. The average Bonchev–Trinajstić information content (AvgIpc) is 2.62. The van der Waals surface area contributed by atoms with Crippen LogP contribution in [0.5, 0.6) is 0 Å². The van der Waals surface area contributed by atoms with E-state index in [1.807, 2.05) is 30.3 Å². The minimum absolute atomic E-state index is 0.199. The Balaban J connectivity index is 1.63. The lowest BCUT2D eigenvalue weighted by molar-refractivity contribution is 0.102. The van der Waals surface area contributed by atoms with E-state index in [4.69, 9.17) is 0 Å². The van der Waals surface area contributed by atoms with Crippen LogP contribution in [0.4, 0.5) is 11.4 Å². The maximum absolute atomic E-state index is 12.3. The normalized spacial score (nSPS) is 15.3. The molecule has 5 nitrogen and oxygen atoms in total. The van der Waals surface area contributed by atoms with Crippen LogP contribution in [0.3, 0.4) is 0 Å². The molecule has 1 aromatic heterocycles. The number of hydrogen-bond acceptors (Lipinski definition) is 4. The second-order valence-electron chi connectivity index (χ2n) is 5.79. The number of halogens is 1. The van der Waals surface area contributed by atoms with Crippen molar-refractivity contribution in [2.75, 3.05) is 42.9 Å². The Morgan fingerprint density at radius 2 is 2.00 bits per heavy atom. The van der Waals surface area contributed by atoms with Crippen LogP contribution >= 0.6 is 15.9 Å². The molecule has 1 saturated heterocycles. The van der Waals surface area contributed by atoms with E-state index in [1.54, 1.807) is 12.3 Å². The van der Waals surface area contributed by atoms with Gasteiger partial charge in [-0.3, -0.25) is 4.79 Å². The number of carbonyl (C=O) groups excluding carboxylic acids is 1. The third-order valence-electron chi connectivity index (χ3n) is 4.25. The zero-order chi connectivity index (χ0) is 16.9. The zero-order valence-electron chi connectivity index (χ0n) is 13.7. The van der Waals surface area contributed by atoms with E-state index in [2.05, 4.69) is 43.0 Å². The molecule has 1 fully saturated rings. The topological polar surface area (TPSA) is 48.5 Å². The van der Waals surface area contributed by atoms with E-state index in [1.165, 1.54) is 0 Å². The number of carbonyl (C=O) groups is 1. The van der Waals surface area contributed by atoms with Gasteiger partial charge in [0.15, 0.2) is 0 Å². The molecule has 1 aliphatic rings. The lowest BCUT2D eigenvalue weighted by atomic mass is 10.2. The van der Waals surface area contributed by atoms with Gasteiger partial charge in [-0.2, -0.15) is 0 Å². The summed E-state index contributed by atoms with van der Waals surface area (Å²) in [6.45, 7) is 7.43. The fourth-order valence-electron chi connectivity index (χ4n) is 2.79. The summed E-state index contributed by atoms with van der Waals surface area (Å²) in [5.74, 6) is -0.199. The summed E-state index contributed by atoms with van der Waals surface area (Å²) in [5, 5.41) is 2.86. The van der Waals surface area contributed by atoms with Crippen LogP contribution in [-0.4, -0.2) is 48.5 Å². The molecule has 1 N–H and O–H groups in total. The van der Waals surface area contributed by atoms with Crippen LogP contribution in [0.1, 0.15) is 17.4 Å². The summed E-state index contributed by atoms with van der Waals surface area (Å²) < 4.78 is 0.926. The number of likely N-dealkylation sites (N-methyl/N-ethyl adjacent to an activating group) is 1. The van der Waals surface area contributed by atoms with Gasteiger partial charge in [0.05, 0.1) is 11.9 Å². The number of nitrogens with zero attached hydrogens (tertiary/aromatic N) is 3. The second kappa shape index (κ2) is 7.77. The number of rotatable bonds is 4. The number of amides is 1. The van der Waals surface area contributed by atoms with Gasteiger partial charge in [0, 0.05) is 36.3 Å². The molecule has 1 aliphatic heterocycles. The number of nitrogens with one attached hydrogen (secondary N) is 1. The number of pyridine rings is 1. The van der Waals surface area contributed by atoms with Crippen LogP contribution in [0, 0.1) is 0 Å². The van der Waals surface area contributed by atoms with E-state index in [-0.39, 0.29) is 5.91 Å². The van der Waals surface area contributed by atoms with Gasteiger partial charge in [-0.25, -0.2) is 4.98 Å². The Labute approximate surface area is 150 Å². The monoisotopic (exact) mass is 388 g/mol. The number of aromatic nitrogens is 1. The van der Waals surface area contributed by atoms with E-state index in [0.717, 1.165) is 48.6 Å². The number of anilines is 2. The molecule has 126 valence electrons. The van der Waals surface area contributed by atoms with Crippen LogP contribution < -0.4 is 10.2 Å². The summed E-state index contributed by atoms with van der Waals surface area (Å²) in [5.41, 5.74) is 2.24. The van der Waals surface area contributed by atoms with Crippen LogP contribution in [0.25, 0.3) is 0 Å². The maximum atomic E-state index is 12.3. The maximum Gasteiger partial charge on any atom is 0.274 e. The molecule has 3 rings (SSSR count). The van der Waals surface area contributed by atoms with Crippen molar-refractivity contribution in [3.8, 4) is 0 Å². The van der Waals surface area contributed by atoms with Crippen molar-refractivity contribution >= 4 is 33.2 Å². The van der Waals surface area contributed by atoms with Crippen LogP contribution in [0.15, 0.2) is 47.1 Å². The van der Waals surface area contributed by atoms with Gasteiger partial charge in [0.2, 0.25) is 0 Å². The highest BCUT2D eigenvalue weighted by Gasteiger charge is 2.16. The second-order valence-corrected chi connectivity index (χ2v) is 6.70. The fraction of sp³-hybridized carbons (Fsp3) is 0.333. The quantitative estimate of drug-likeness (QED) is 0.873. The smallest absolute Gasteiger partial charge is 0.274 e. The number of benzene rings is 1. The molecule has 0 spiro atoms. The number of piperazine rings is 1. The highest BCUT2D eigenvalue weighted by atomic mass is 79.9. The number of hydrogen-bond donors (Lipinski definition) is 1. The summed E-state index contributed by atoms with van der Waals surface area (Å²) in [6, 6.07) is 11.3. The van der Waals surface area contributed by atoms with Crippen molar-refractivity contribution < 1.29 is 4.79 Å². The molecule has 24 heavy (non-hydrogen) atoms. The predicted octanol–water partition coefficient (Wildman–Crippen LogP) is 3.24. The van der Waals surface area contributed by atoms with Gasteiger partial charge in [-0.05, 0) is 36.9 Å². The molecule has 0 saturated carbocycles. The molecule has 0 bridgehead atoms. The highest BCUT2D eigenvalue weighted by Crippen LogP contribution is 2.18. The molecular weight excluding hydrogens is 368 g/mol. The third-order valence-corrected chi connectivity index (χ3v) is 4.74. The van der Waals surface area contributed by atoms with Crippen molar-refractivity contribution in [1.29, 1.82) is 0 Å². The first-order valence-electron chi connectivity index (χ1n) is 8.16. The van der Waals surface area contributed by atoms with Crippen molar-refractivity contribution in [3.63, 3.8) is 0 Å².